The Balaban J connectivity index is 1.83. The van der Waals surface area contributed by atoms with Crippen LogP contribution in [0.5, 0.6) is 0 Å². The lowest BCUT2D eigenvalue weighted by Gasteiger charge is -2.24. The number of nitrogens with zero attached hydrogens (tertiary/aromatic N) is 4. The zero-order valence-corrected chi connectivity index (χ0v) is 14.7. The Bertz CT molecular complexity index is 921. The van der Waals surface area contributed by atoms with E-state index in [0.717, 1.165) is 16.8 Å². The van der Waals surface area contributed by atoms with Gasteiger partial charge in [0.15, 0.2) is 0 Å². The SMILES string of the molecule is CSc1ccc([C@H]2CC(=O)Nc3c2c(C)nn3-c2ncccn2)cc1. The van der Waals surface area contributed by atoms with E-state index in [0.29, 0.717) is 18.2 Å². The Labute approximate surface area is 149 Å². The molecule has 1 amide bonds. The Kier molecular flexibility index (Phi) is 4.01. The Morgan fingerprint density at radius 1 is 1.20 bits per heavy atom. The van der Waals surface area contributed by atoms with Gasteiger partial charge in [0.25, 0.3) is 5.95 Å². The van der Waals surface area contributed by atoms with Gasteiger partial charge in [-0.15, -0.1) is 11.8 Å². The van der Waals surface area contributed by atoms with Gasteiger partial charge in [-0.25, -0.2) is 9.97 Å². The van der Waals surface area contributed by atoms with Crippen molar-refractivity contribution >= 4 is 23.5 Å². The smallest absolute Gasteiger partial charge is 0.252 e. The first-order chi connectivity index (χ1) is 12.2. The molecule has 6 nitrogen and oxygen atoms in total. The number of carbonyl (C=O) groups excluding carboxylic acids is 1. The zero-order valence-electron chi connectivity index (χ0n) is 13.9. The monoisotopic (exact) mass is 351 g/mol. The van der Waals surface area contributed by atoms with Crippen molar-refractivity contribution in [1.82, 2.24) is 19.7 Å². The van der Waals surface area contributed by atoms with Crippen molar-refractivity contribution in [3.05, 3.63) is 59.5 Å². The van der Waals surface area contributed by atoms with Gasteiger partial charge < -0.3 is 5.32 Å². The van der Waals surface area contributed by atoms with Crippen molar-refractivity contribution < 1.29 is 4.79 Å². The minimum atomic E-state index is -0.0245. The topological polar surface area (TPSA) is 72.7 Å². The standard InChI is InChI=1S/C18H17N5OS/c1-11-16-14(12-4-6-13(25-2)7-5-12)10-15(24)21-17(16)23(22-11)18-19-8-3-9-20-18/h3-9,14H,10H2,1-2H3,(H,21,24)/t14-/m1/s1. The molecule has 1 atom stereocenters. The van der Waals surface area contributed by atoms with E-state index < -0.39 is 0 Å². The third-order valence-corrected chi connectivity index (χ3v) is 5.11. The van der Waals surface area contributed by atoms with Crippen LogP contribution >= 0.6 is 11.8 Å². The molecule has 0 saturated heterocycles. The highest BCUT2D eigenvalue weighted by Crippen LogP contribution is 2.40. The normalized spacial score (nSPS) is 16.4. The number of thioether (sulfide) groups is 1. The molecule has 3 heterocycles. The molecule has 3 aromatic rings. The molecule has 0 aliphatic carbocycles. The fourth-order valence-corrected chi connectivity index (χ4v) is 3.62. The van der Waals surface area contributed by atoms with Crippen LogP contribution in [0.3, 0.4) is 0 Å². The number of benzene rings is 1. The number of aromatic nitrogens is 4. The number of nitrogens with one attached hydrogen (secondary N) is 1. The number of aryl methyl sites for hydroxylation is 1. The van der Waals surface area contributed by atoms with Gasteiger partial charge in [0, 0.05) is 35.2 Å². The molecule has 4 rings (SSSR count). The van der Waals surface area contributed by atoms with Crippen molar-refractivity contribution in [2.75, 3.05) is 11.6 Å². The van der Waals surface area contributed by atoms with Crippen molar-refractivity contribution in [3.63, 3.8) is 0 Å². The molecule has 0 radical (unpaired) electrons. The van der Waals surface area contributed by atoms with Crippen LogP contribution in [0.15, 0.2) is 47.6 Å². The predicted octanol–water partition coefficient (Wildman–Crippen LogP) is 3.17. The first kappa shape index (κ1) is 15.8. The highest BCUT2D eigenvalue weighted by molar-refractivity contribution is 7.98. The maximum atomic E-state index is 12.3. The van der Waals surface area contributed by atoms with E-state index in [2.05, 4.69) is 50.9 Å². The van der Waals surface area contributed by atoms with Crippen molar-refractivity contribution in [2.24, 2.45) is 0 Å². The first-order valence-corrected chi connectivity index (χ1v) is 9.20. The lowest BCUT2D eigenvalue weighted by Crippen LogP contribution is -2.25. The third kappa shape index (κ3) is 2.80. The van der Waals surface area contributed by atoms with E-state index in [1.54, 1.807) is 34.9 Å². The molecule has 1 aromatic carbocycles. The van der Waals surface area contributed by atoms with Crippen LogP contribution < -0.4 is 5.32 Å². The highest BCUT2D eigenvalue weighted by atomic mass is 32.2. The lowest BCUT2D eigenvalue weighted by molar-refractivity contribution is -0.116. The van der Waals surface area contributed by atoms with Gasteiger partial charge in [0.2, 0.25) is 5.91 Å². The minimum absolute atomic E-state index is 0.0166. The zero-order chi connectivity index (χ0) is 17.4. The predicted molar refractivity (Wildman–Crippen MR) is 97.2 cm³/mol. The van der Waals surface area contributed by atoms with Crippen LogP contribution in [0.25, 0.3) is 5.95 Å². The van der Waals surface area contributed by atoms with Gasteiger partial charge in [-0.2, -0.15) is 9.78 Å². The van der Waals surface area contributed by atoms with Crippen LogP contribution in [0.1, 0.15) is 29.2 Å². The molecule has 1 N–H and O–H groups in total. The minimum Gasteiger partial charge on any atom is -0.310 e. The second-order valence-electron chi connectivity index (χ2n) is 5.89. The van der Waals surface area contributed by atoms with E-state index in [1.807, 2.05) is 6.92 Å². The second kappa shape index (κ2) is 6.33. The van der Waals surface area contributed by atoms with Crippen LogP contribution in [0, 0.1) is 6.92 Å². The van der Waals surface area contributed by atoms with Gasteiger partial charge >= 0.3 is 0 Å². The number of amides is 1. The first-order valence-electron chi connectivity index (χ1n) is 7.98. The summed E-state index contributed by atoms with van der Waals surface area (Å²) < 4.78 is 1.62. The Morgan fingerprint density at radius 2 is 1.92 bits per heavy atom. The van der Waals surface area contributed by atoms with Gasteiger partial charge in [-0.05, 0) is 36.9 Å². The lowest BCUT2D eigenvalue weighted by atomic mass is 9.86. The largest absolute Gasteiger partial charge is 0.310 e. The molecule has 0 unspecified atom stereocenters. The van der Waals surface area contributed by atoms with Gasteiger partial charge in [0.1, 0.15) is 5.82 Å². The van der Waals surface area contributed by atoms with E-state index in [9.17, 15) is 4.79 Å². The molecule has 0 bridgehead atoms. The van der Waals surface area contributed by atoms with Gasteiger partial charge in [0.05, 0.1) is 5.69 Å². The Hall–Kier alpha value is -2.67. The number of fused-ring (bicyclic) bond motifs is 1. The maximum Gasteiger partial charge on any atom is 0.252 e. The molecule has 0 fully saturated rings. The number of carbonyl (C=O) groups is 1. The molecule has 2 aromatic heterocycles. The number of hydrogen-bond donors (Lipinski definition) is 1. The summed E-state index contributed by atoms with van der Waals surface area (Å²) in [5.74, 6) is 1.07. The van der Waals surface area contributed by atoms with E-state index in [1.165, 1.54) is 4.90 Å². The summed E-state index contributed by atoms with van der Waals surface area (Å²) in [7, 11) is 0. The van der Waals surface area contributed by atoms with E-state index in [4.69, 9.17) is 0 Å². The molecular formula is C18H17N5OS. The summed E-state index contributed by atoms with van der Waals surface area (Å²) in [5, 5.41) is 7.53. The number of rotatable bonds is 3. The molecule has 1 aliphatic heterocycles. The fraction of sp³-hybridized carbons (Fsp3) is 0.222. The molecule has 0 spiro atoms. The molecular weight excluding hydrogens is 334 g/mol. The number of hydrogen-bond acceptors (Lipinski definition) is 5. The van der Waals surface area contributed by atoms with Crippen molar-refractivity contribution in [1.29, 1.82) is 0 Å². The molecule has 25 heavy (non-hydrogen) atoms. The quantitative estimate of drug-likeness (QED) is 0.734. The second-order valence-corrected chi connectivity index (χ2v) is 6.77. The fourth-order valence-electron chi connectivity index (χ4n) is 3.21. The number of anilines is 1. The molecule has 1 aliphatic rings. The third-order valence-electron chi connectivity index (χ3n) is 4.36. The molecule has 0 saturated carbocycles. The molecule has 126 valence electrons. The maximum absolute atomic E-state index is 12.3. The van der Waals surface area contributed by atoms with Crippen molar-refractivity contribution in [3.8, 4) is 5.95 Å². The summed E-state index contributed by atoms with van der Waals surface area (Å²) in [6.45, 7) is 1.96. The summed E-state index contributed by atoms with van der Waals surface area (Å²) in [6, 6.07) is 10.1. The summed E-state index contributed by atoms with van der Waals surface area (Å²) in [6.07, 6.45) is 5.78. The molecule has 7 heteroatoms. The Morgan fingerprint density at radius 3 is 2.60 bits per heavy atom. The average molecular weight is 351 g/mol. The van der Waals surface area contributed by atoms with Crippen LogP contribution in [-0.4, -0.2) is 31.9 Å². The van der Waals surface area contributed by atoms with Crippen LogP contribution in [0.2, 0.25) is 0 Å². The summed E-state index contributed by atoms with van der Waals surface area (Å²) in [5.41, 5.74) is 3.02. The summed E-state index contributed by atoms with van der Waals surface area (Å²) in [4.78, 5) is 22.0. The van der Waals surface area contributed by atoms with E-state index in [-0.39, 0.29) is 11.8 Å². The summed E-state index contributed by atoms with van der Waals surface area (Å²) >= 11 is 1.70. The van der Waals surface area contributed by atoms with Crippen molar-refractivity contribution in [2.45, 2.75) is 24.2 Å². The highest BCUT2D eigenvalue weighted by Gasteiger charge is 2.33. The van der Waals surface area contributed by atoms with Gasteiger partial charge in [-0.3, -0.25) is 4.79 Å². The van der Waals surface area contributed by atoms with Crippen LogP contribution in [-0.2, 0) is 4.79 Å². The van der Waals surface area contributed by atoms with Crippen LogP contribution in [0.4, 0.5) is 5.82 Å². The van der Waals surface area contributed by atoms with E-state index >= 15 is 0 Å². The average Bonchev–Trinajstić information content (AvgIpc) is 2.98. The van der Waals surface area contributed by atoms with Gasteiger partial charge in [-0.1, -0.05) is 12.1 Å².